The van der Waals surface area contributed by atoms with Crippen LogP contribution in [0.15, 0.2) is 35.5 Å². The van der Waals surface area contributed by atoms with Crippen molar-refractivity contribution in [1.29, 1.82) is 0 Å². The van der Waals surface area contributed by atoms with Crippen molar-refractivity contribution >= 4 is 5.97 Å². The Labute approximate surface area is 140 Å². The molecule has 0 amide bonds. The van der Waals surface area contributed by atoms with E-state index in [1.807, 2.05) is 0 Å². The van der Waals surface area contributed by atoms with Crippen LogP contribution in [0.1, 0.15) is 65.7 Å². The molecule has 2 bridgehead atoms. The summed E-state index contributed by atoms with van der Waals surface area (Å²) in [7, 11) is 0. The molecule has 3 atom stereocenters. The number of aliphatic hydroxyl groups is 1. The van der Waals surface area contributed by atoms with Gasteiger partial charge in [-0.1, -0.05) is 29.9 Å². The zero-order valence-electron chi connectivity index (χ0n) is 14.7. The number of carbonyl (C=O) groups is 1. The molecular weight excluding hydrogens is 288 g/mol. The minimum Gasteiger partial charge on any atom is -0.456 e. The molecule has 0 aromatic heterocycles. The maximum Gasteiger partial charge on any atom is 0.334 e. The maximum atomic E-state index is 12.1. The molecule has 0 radical (unpaired) electrons. The van der Waals surface area contributed by atoms with Crippen molar-refractivity contribution in [3.63, 3.8) is 0 Å². The largest absolute Gasteiger partial charge is 0.456 e. The van der Waals surface area contributed by atoms with Crippen molar-refractivity contribution < 1.29 is 14.6 Å². The first-order valence-electron chi connectivity index (χ1n) is 8.73. The predicted molar refractivity (Wildman–Crippen MR) is 93.0 cm³/mol. The van der Waals surface area contributed by atoms with Gasteiger partial charge in [-0.25, -0.2) is 4.79 Å². The van der Waals surface area contributed by atoms with Gasteiger partial charge in [-0.05, 0) is 71.6 Å². The molecule has 128 valence electrons. The van der Waals surface area contributed by atoms with Crippen molar-refractivity contribution in [1.82, 2.24) is 0 Å². The van der Waals surface area contributed by atoms with E-state index in [0.29, 0.717) is 18.4 Å². The summed E-state index contributed by atoms with van der Waals surface area (Å²) >= 11 is 0. The molecule has 1 N–H and O–H groups in total. The topological polar surface area (TPSA) is 46.5 Å². The van der Waals surface area contributed by atoms with E-state index in [-0.39, 0.29) is 11.9 Å². The number of fused-ring (bicyclic) bond motifs is 2. The summed E-state index contributed by atoms with van der Waals surface area (Å²) < 4.78 is 5.47. The first kappa shape index (κ1) is 18.0. The summed E-state index contributed by atoms with van der Waals surface area (Å²) in [6.45, 7) is 10.0. The fraction of sp³-hybridized carbons (Fsp3) is 0.650. The van der Waals surface area contributed by atoms with Crippen LogP contribution >= 0.6 is 0 Å². The summed E-state index contributed by atoms with van der Waals surface area (Å²) in [6, 6.07) is 0. The molecule has 1 saturated heterocycles. The van der Waals surface area contributed by atoms with Crippen molar-refractivity contribution in [3.8, 4) is 0 Å². The molecule has 1 aliphatic heterocycles. The van der Waals surface area contributed by atoms with Crippen molar-refractivity contribution in [2.45, 2.75) is 77.4 Å². The summed E-state index contributed by atoms with van der Waals surface area (Å²) in [4.78, 5) is 12.1. The van der Waals surface area contributed by atoms with Crippen molar-refractivity contribution in [3.05, 3.63) is 35.5 Å². The van der Waals surface area contributed by atoms with Gasteiger partial charge < -0.3 is 9.84 Å². The van der Waals surface area contributed by atoms with Gasteiger partial charge in [0.1, 0.15) is 6.10 Å². The number of allylic oxidation sites excluding steroid dienone is 4. The highest BCUT2D eigenvalue weighted by Crippen LogP contribution is 2.36. The van der Waals surface area contributed by atoms with Crippen LogP contribution in [0.5, 0.6) is 0 Å². The highest BCUT2D eigenvalue weighted by Gasteiger charge is 2.41. The minimum absolute atomic E-state index is 0.108. The Morgan fingerprint density at radius 3 is 2.61 bits per heavy atom. The molecule has 0 aromatic rings. The van der Waals surface area contributed by atoms with Crippen LogP contribution in [-0.2, 0) is 9.53 Å². The maximum absolute atomic E-state index is 12.1. The van der Waals surface area contributed by atoms with Gasteiger partial charge in [0.15, 0.2) is 0 Å². The molecule has 2 rings (SSSR count). The lowest BCUT2D eigenvalue weighted by atomic mass is 9.79. The Hall–Kier alpha value is -1.35. The van der Waals surface area contributed by atoms with Crippen LogP contribution in [0.25, 0.3) is 0 Å². The van der Waals surface area contributed by atoms with Crippen LogP contribution in [0, 0.1) is 5.92 Å². The number of carbonyl (C=O) groups excluding carboxylic acids is 1. The molecule has 3 nitrogen and oxygen atoms in total. The molecule has 0 spiro atoms. The molecule has 1 fully saturated rings. The number of esters is 1. The lowest BCUT2D eigenvalue weighted by Gasteiger charge is -2.38. The van der Waals surface area contributed by atoms with E-state index in [1.54, 1.807) is 6.92 Å². The quantitative estimate of drug-likeness (QED) is 0.407. The average Bonchev–Trinajstić information content (AvgIpc) is 2.47. The zero-order valence-corrected chi connectivity index (χ0v) is 14.7. The Morgan fingerprint density at radius 1 is 1.22 bits per heavy atom. The molecule has 3 heteroatoms. The second-order valence-electron chi connectivity index (χ2n) is 7.43. The van der Waals surface area contributed by atoms with Crippen molar-refractivity contribution in [2.24, 2.45) is 5.92 Å². The number of hydrogen-bond acceptors (Lipinski definition) is 3. The Balaban J connectivity index is 2.21. The third kappa shape index (κ3) is 4.81. The predicted octanol–water partition coefficient (Wildman–Crippen LogP) is 4.47. The van der Waals surface area contributed by atoms with Gasteiger partial charge in [-0.15, -0.1) is 0 Å². The molecule has 1 aliphatic carbocycles. The smallest absolute Gasteiger partial charge is 0.334 e. The van der Waals surface area contributed by atoms with Gasteiger partial charge in [-0.2, -0.15) is 0 Å². The van der Waals surface area contributed by atoms with Gasteiger partial charge >= 0.3 is 5.97 Å². The van der Waals surface area contributed by atoms with Gasteiger partial charge in [0.2, 0.25) is 0 Å². The van der Waals surface area contributed by atoms with Crippen molar-refractivity contribution in [2.75, 3.05) is 0 Å². The van der Waals surface area contributed by atoms with Crippen LogP contribution < -0.4 is 0 Å². The summed E-state index contributed by atoms with van der Waals surface area (Å²) in [6.07, 6.45) is 10.1. The van der Waals surface area contributed by atoms with Gasteiger partial charge in [0, 0.05) is 5.57 Å². The minimum atomic E-state index is -0.986. The Bertz CT molecular complexity index is 525. The van der Waals surface area contributed by atoms with E-state index in [0.717, 1.165) is 32.1 Å². The Morgan fingerprint density at radius 2 is 1.87 bits per heavy atom. The van der Waals surface area contributed by atoms with E-state index in [4.69, 9.17) is 4.74 Å². The van der Waals surface area contributed by atoms with Gasteiger partial charge in [0.05, 0.1) is 5.60 Å². The fourth-order valence-electron chi connectivity index (χ4n) is 3.42. The number of rotatable bonds is 0. The van der Waals surface area contributed by atoms with E-state index in [9.17, 15) is 9.90 Å². The number of hydrogen-bond donors (Lipinski definition) is 1. The third-order valence-corrected chi connectivity index (χ3v) is 5.26. The second kappa shape index (κ2) is 7.48. The standard InChI is InChI=1S/C20H30O3/c1-14-7-5-8-15(2)10-11-17-13-18(23-19(21)16(17)3)20(4,22)12-6-9-14/h8-9,17-18,22H,3,5-7,10-13H2,1-2,4H3/b14-9-,15-8?/t17-,18-,20+/m1/s1. The van der Waals surface area contributed by atoms with E-state index < -0.39 is 11.7 Å². The Kier molecular flexibility index (Phi) is 5.85. The number of ether oxygens (including phenoxy) is 1. The molecular formula is C20H30O3. The third-order valence-electron chi connectivity index (χ3n) is 5.26. The van der Waals surface area contributed by atoms with E-state index in [2.05, 4.69) is 32.6 Å². The molecule has 0 aromatic carbocycles. The molecule has 2 aliphatic rings. The van der Waals surface area contributed by atoms with E-state index >= 15 is 0 Å². The van der Waals surface area contributed by atoms with Crippen LogP contribution in [0.2, 0.25) is 0 Å². The lowest BCUT2D eigenvalue weighted by molar-refractivity contribution is -0.168. The first-order valence-corrected chi connectivity index (χ1v) is 8.73. The highest BCUT2D eigenvalue weighted by atomic mass is 16.6. The van der Waals surface area contributed by atoms with Gasteiger partial charge in [-0.3, -0.25) is 0 Å². The SMILES string of the molecule is C=C1C(=O)O[C@@H]2C[C@H]1CCC(C)=CCC/C(C)=C\CC[C@]2(C)O. The fourth-order valence-corrected chi connectivity index (χ4v) is 3.42. The summed E-state index contributed by atoms with van der Waals surface area (Å²) in [5, 5.41) is 10.8. The normalized spacial score (nSPS) is 36.3. The molecule has 0 saturated carbocycles. The molecule has 1 heterocycles. The average molecular weight is 318 g/mol. The lowest BCUT2D eigenvalue weighted by Crippen LogP contribution is -2.47. The van der Waals surface area contributed by atoms with Crippen LogP contribution in [0.4, 0.5) is 0 Å². The van der Waals surface area contributed by atoms with Gasteiger partial charge in [0.25, 0.3) is 0 Å². The summed E-state index contributed by atoms with van der Waals surface area (Å²) in [5.41, 5.74) is 2.30. The van der Waals surface area contributed by atoms with E-state index in [1.165, 1.54) is 11.1 Å². The second-order valence-corrected chi connectivity index (χ2v) is 7.43. The molecule has 23 heavy (non-hydrogen) atoms. The monoisotopic (exact) mass is 318 g/mol. The van der Waals surface area contributed by atoms with Crippen LogP contribution in [0.3, 0.4) is 0 Å². The molecule has 0 unspecified atom stereocenters. The summed E-state index contributed by atoms with van der Waals surface area (Å²) in [5.74, 6) is -0.233. The highest BCUT2D eigenvalue weighted by molar-refractivity contribution is 5.89. The zero-order chi connectivity index (χ0) is 17.0. The van der Waals surface area contributed by atoms with Crippen LogP contribution in [-0.4, -0.2) is 22.8 Å². The first-order chi connectivity index (χ1) is 10.8.